The molecule has 0 aromatic heterocycles. The van der Waals surface area contributed by atoms with Crippen molar-refractivity contribution in [2.45, 2.75) is 13.8 Å². The van der Waals surface area contributed by atoms with Crippen LogP contribution in [0, 0.1) is 5.41 Å². The van der Waals surface area contributed by atoms with E-state index < -0.39 is 16.1 Å². The first-order chi connectivity index (χ1) is 16.1. The zero-order chi connectivity index (χ0) is 22.9. The van der Waals surface area contributed by atoms with E-state index in [1.807, 2.05) is 0 Å². The minimum atomic E-state index is -0.601. The van der Waals surface area contributed by atoms with Crippen LogP contribution in [-0.4, -0.2) is 13.1 Å². The fraction of sp³-hybridized carbons (Fsp3) is 0.172. The topological polar surface area (TPSA) is 24.1 Å². The number of hydrogen-bond donors (Lipinski definition) is 2. The van der Waals surface area contributed by atoms with E-state index in [1.54, 1.807) is 0 Å². The lowest BCUT2D eigenvalue weighted by atomic mass is 9.94. The minimum absolute atomic E-state index is 0.0916. The van der Waals surface area contributed by atoms with Crippen molar-refractivity contribution in [3.05, 3.63) is 121 Å². The SMILES string of the molecule is CC(C)(CNP(c1ccccc1)c1ccccc1)CNP(c1ccccc1)c1ccccc1. The van der Waals surface area contributed by atoms with E-state index in [4.69, 9.17) is 0 Å². The zero-order valence-corrected chi connectivity index (χ0v) is 21.1. The number of rotatable bonds is 10. The van der Waals surface area contributed by atoms with Gasteiger partial charge in [-0.05, 0) is 26.6 Å². The molecule has 2 nitrogen and oxygen atoms in total. The summed E-state index contributed by atoms with van der Waals surface area (Å²) in [4.78, 5) is 0. The minimum Gasteiger partial charge on any atom is -0.288 e. The van der Waals surface area contributed by atoms with Crippen LogP contribution in [0.1, 0.15) is 13.8 Å². The van der Waals surface area contributed by atoms with Gasteiger partial charge in [0.25, 0.3) is 0 Å². The summed E-state index contributed by atoms with van der Waals surface area (Å²) in [7, 11) is -1.20. The Morgan fingerprint density at radius 1 is 0.455 bits per heavy atom. The predicted molar refractivity (Wildman–Crippen MR) is 148 cm³/mol. The Labute approximate surface area is 201 Å². The lowest BCUT2D eigenvalue weighted by Crippen LogP contribution is -2.39. The molecule has 0 fully saturated rings. The third-order valence-corrected chi connectivity index (χ3v) is 9.70. The van der Waals surface area contributed by atoms with Crippen LogP contribution < -0.4 is 31.4 Å². The van der Waals surface area contributed by atoms with Crippen LogP contribution in [0.3, 0.4) is 0 Å². The molecular weight excluding hydrogens is 438 g/mol. The lowest BCUT2D eigenvalue weighted by Gasteiger charge is -2.31. The second kappa shape index (κ2) is 11.7. The normalized spacial score (nSPS) is 11.8. The molecule has 0 bridgehead atoms. The van der Waals surface area contributed by atoms with Gasteiger partial charge >= 0.3 is 0 Å². The molecule has 0 aliphatic carbocycles. The van der Waals surface area contributed by atoms with Crippen molar-refractivity contribution in [3.8, 4) is 0 Å². The van der Waals surface area contributed by atoms with Crippen LogP contribution in [0.4, 0.5) is 0 Å². The Bertz CT molecular complexity index is 920. The molecule has 0 saturated carbocycles. The molecule has 4 aromatic rings. The molecule has 0 aliphatic heterocycles. The van der Waals surface area contributed by atoms with Gasteiger partial charge in [0.2, 0.25) is 0 Å². The van der Waals surface area contributed by atoms with Crippen molar-refractivity contribution in [2.24, 2.45) is 5.41 Å². The van der Waals surface area contributed by atoms with Gasteiger partial charge in [0.1, 0.15) is 0 Å². The number of hydrogen-bond acceptors (Lipinski definition) is 2. The molecule has 2 N–H and O–H groups in total. The van der Waals surface area contributed by atoms with Gasteiger partial charge in [0.15, 0.2) is 0 Å². The Morgan fingerprint density at radius 2 is 0.697 bits per heavy atom. The van der Waals surface area contributed by atoms with Gasteiger partial charge in [0, 0.05) is 29.2 Å². The summed E-state index contributed by atoms with van der Waals surface area (Å²) in [6.45, 7) is 6.56. The second-order valence-corrected chi connectivity index (χ2v) is 12.9. The number of nitrogens with one attached hydrogen (secondary N) is 2. The van der Waals surface area contributed by atoms with Crippen molar-refractivity contribution < 1.29 is 0 Å². The van der Waals surface area contributed by atoms with E-state index in [0.29, 0.717) is 0 Å². The van der Waals surface area contributed by atoms with Crippen molar-refractivity contribution in [1.29, 1.82) is 0 Å². The van der Waals surface area contributed by atoms with Crippen molar-refractivity contribution in [1.82, 2.24) is 10.2 Å². The highest BCUT2D eigenvalue weighted by Crippen LogP contribution is 2.33. The fourth-order valence-electron chi connectivity index (χ4n) is 3.62. The maximum atomic E-state index is 3.93. The molecule has 0 unspecified atom stereocenters. The van der Waals surface area contributed by atoms with Crippen LogP contribution in [-0.2, 0) is 0 Å². The van der Waals surface area contributed by atoms with E-state index in [1.165, 1.54) is 21.2 Å². The van der Waals surface area contributed by atoms with E-state index in [-0.39, 0.29) is 5.41 Å². The van der Waals surface area contributed by atoms with Gasteiger partial charge in [-0.25, -0.2) is 0 Å². The van der Waals surface area contributed by atoms with Gasteiger partial charge in [0.05, 0.1) is 0 Å². The zero-order valence-electron chi connectivity index (χ0n) is 19.4. The van der Waals surface area contributed by atoms with Crippen LogP contribution in [0.2, 0.25) is 0 Å². The van der Waals surface area contributed by atoms with E-state index in [9.17, 15) is 0 Å². The first-order valence-corrected chi connectivity index (χ1v) is 14.1. The summed E-state index contributed by atoms with van der Waals surface area (Å²) in [6, 6.07) is 43.3. The van der Waals surface area contributed by atoms with Gasteiger partial charge in [-0.15, -0.1) is 0 Å². The summed E-state index contributed by atoms with van der Waals surface area (Å²) in [5, 5.41) is 13.3. The fourth-order valence-corrected chi connectivity index (χ4v) is 8.00. The maximum Gasteiger partial charge on any atom is 0.0253 e. The Morgan fingerprint density at radius 3 is 0.939 bits per heavy atom. The average molecular weight is 471 g/mol. The first kappa shape index (κ1) is 23.8. The smallest absolute Gasteiger partial charge is 0.0253 e. The highest BCUT2D eigenvalue weighted by molar-refractivity contribution is 7.71. The summed E-state index contributed by atoms with van der Waals surface area (Å²) in [6.07, 6.45) is 0. The molecule has 0 radical (unpaired) electrons. The van der Waals surface area contributed by atoms with Gasteiger partial charge in [-0.3, -0.25) is 10.2 Å². The molecule has 0 saturated heterocycles. The molecule has 4 heteroatoms. The van der Waals surface area contributed by atoms with Crippen LogP contribution in [0.25, 0.3) is 0 Å². The predicted octanol–water partition coefficient (Wildman–Crippen LogP) is 5.29. The standard InChI is InChI=1S/C29H32N2P2/c1-29(2,23-30-32(25-15-7-3-8-16-25)26-17-9-4-10-18-26)24-31-33(27-19-11-5-12-20-27)28-21-13-6-14-22-28/h3-22,30-31H,23-24H2,1-2H3. The molecule has 0 amide bonds. The molecule has 0 aliphatic rings. The van der Waals surface area contributed by atoms with Gasteiger partial charge < -0.3 is 0 Å². The van der Waals surface area contributed by atoms with Crippen molar-refractivity contribution >= 4 is 37.4 Å². The molecule has 0 atom stereocenters. The summed E-state index contributed by atoms with van der Waals surface area (Å²) in [5.74, 6) is 0. The third-order valence-electron chi connectivity index (χ3n) is 5.49. The molecule has 0 heterocycles. The van der Waals surface area contributed by atoms with Gasteiger partial charge in [-0.1, -0.05) is 135 Å². The van der Waals surface area contributed by atoms with Crippen molar-refractivity contribution in [3.63, 3.8) is 0 Å². The number of benzene rings is 4. The maximum absolute atomic E-state index is 3.93. The molecule has 33 heavy (non-hydrogen) atoms. The largest absolute Gasteiger partial charge is 0.288 e. The molecule has 4 rings (SSSR count). The Balaban J connectivity index is 1.47. The van der Waals surface area contributed by atoms with E-state index in [0.717, 1.165) is 13.1 Å². The van der Waals surface area contributed by atoms with E-state index >= 15 is 0 Å². The van der Waals surface area contributed by atoms with Crippen LogP contribution in [0.5, 0.6) is 0 Å². The Hall–Kier alpha value is -2.34. The molecule has 4 aromatic carbocycles. The lowest BCUT2D eigenvalue weighted by molar-refractivity contribution is 0.370. The molecule has 0 spiro atoms. The van der Waals surface area contributed by atoms with Gasteiger partial charge in [-0.2, -0.15) is 0 Å². The van der Waals surface area contributed by atoms with Crippen LogP contribution in [0.15, 0.2) is 121 Å². The summed E-state index contributed by atoms with van der Waals surface area (Å²) >= 11 is 0. The average Bonchev–Trinajstić information content (AvgIpc) is 2.87. The quantitative estimate of drug-likeness (QED) is 0.308. The highest BCUT2D eigenvalue weighted by Gasteiger charge is 2.24. The third kappa shape index (κ3) is 6.83. The first-order valence-electron chi connectivity index (χ1n) is 11.4. The monoisotopic (exact) mass is 470 g/mol. The Kier molecular flexibility index (Phi) is 8.43. The van der Waals surface area contributed by atoms with Crippen LogP contribution >= 0.6 is 16.1 Å². The summed E-state index contributed by atoms with van der Waals surface area (Å²) in [5.41, 5.74) is 0.0916. The molecule has 168 valence electrons. The van der Waals surface area contributed by atoms with Crippen molar-refractivity contribution in [2.75, 3.05) is 13.1 Å². The van der Waals surface area contributed by atoms with E-state index in [2.05, 4.69) is 145 Å². The summed E-state index contributed by atoms with van der Waals surface area (Å²) < 4.78 is 0. The molecular formula is C29H32N2P2. The highest BCUT2D eigenvalue weighted by atomic mass is 31.1. The second-order valence-electron chi connectivity index (χ2n) is 8.85.